The Morgan fingerprint density at radius 1 is 1.12 bits per heavy atom. The van der Waals surface area contributed by atoms with Crippen LogP contribution in [0.3, 0.4) is 0 Å². The second-order valence-corrected chi connectivity index (χ2v) is 9.25. The molecular formula is C29H32ClNO2. The number of ether oxygens (including phenoxy) is 1. The Labute approximate surface area is 202 Å². The highest BCUT2D eigenvalue weighted by molar-refractivity contribution is 6.30. The topological polar surface area (TPSA) is 32.7 Å². The molecule has 0 atom stereocenters. The molecule has 1 saturated heterocycles. The lowest BCUT2D eigenvalue weighted by Gasteiger charge is -2.38. The summed E-state index contributed by atoms with van der Waals surface area (Å²) < 4.78 is 6.10. The van der Waals surface area contributed by atoms with E-state index in [2.05, 4.69) is 48.7 Å². The summed E-state index contributed by atoms with van der Waals surface area (Å²) in [5.41, 5.74) is 5.03. The van der Waals surface area contributed by atoms with Gasteiger partial charge in [0.15, 0.2) is 0 Å². The highest BCUT2D eigenvalue weighted by Gasteiger charge is 2.33. The minimum absolute atomic E-state index is 0.567. The molecule has 172 valence electrons. The molecule has 0 radical (unpaired) electrons. The highest BCUT2D eigenvalue weighted by atomic mass is 35.5. The van der Waals surface area contributed by atoms with E-state index in [1.54, 1.807) is 6.08 Å². The van der Waals surface area contributed by atoms with Crippen molar-refractivity contribution in [3.05, 3.63) is 112 Å². The molecule has 0 unspecified atom stereocenters. The molecule has 0 aliphatic carbocycles. The van der Waals surface area contributed by atoms with E-state index in [1.165, 1.54) is 16.7 Å². The number of benzene rings is 2. The highest BCUT2D eigenvalue weighted by Crippen LogP contribution is 2.35. The lowest BCUT2D eigenvalue weighted by molar-refractivity contribution is -0.0254. The molecule has 0 aromatic heterocycles. The fourth-order valence-electron chi connectivity index (χ4n) is 4.69. The quantitative estimate of drug-likeness (QED) is 0.489. The summed E-state index contributed by atoms with van der Waals surface area (Å²) >= 11 is 6.01. The minimum atomic E-state index is -0.761. The molecule has 2 aliphatic heterocycles. The van der Waals surface area contributed by atoms with E-state index in [1.807, 2.05) is 36.4 Å². The predicted molar refractivity (Wildman–Crippen MR) is 137 cm³/mol. The van der Waals surface area contributed by atoms with Crippen molar-refractivity contribution in [2.75, 3.05) is 19.6 Å². The molecule has 0 bridgehead atoms. The third kappa shape index (κ3) is 5.50. The van der Waals surface area contributed by atoms with Crippen LogP contribution in [0.1, 0.15) is 42.9 Å². The van der Waals surface area contributed by atoms with Crippen molar-refractivity contribution in [1.29, 1.82) is 0 Å². The van der Waals surface area contributed by atoms with Crippen molar-refractivity contribution in [1.82, 2.24) is 4.90 Å². The lowest BCUT2D eigenvalue weighted by atomic mass is 9.84. The Hall–Kier alpha value is -2.59. The first kappa shape index (κ1) is 23.6. The third-order valence-electron chi connectivity index (χ3n) is 6.71. The Balaban J connectivity index is 1.45. The number of hydrogen-bond donors (Lipinski definition) is 1. The van der Waals surface area contributed by atoms with Gasteiger partial charge in [0, 0.05) is 24.7 Å². The molecule has 2 aromatic rings. The van der Waals surface area contributed by atoms with Gasteiger partial charge in [0.2, 0.25) is 0 Å². The van der Waals surface area contributed by atoms with Crippen LogP contribution in [0.4, 0.5) is 0 Å². The molecule has 1 N–H and O–H groups in total. The number of rotatable bonds is 6. The SMILES string of the molecule is C=C/C=C\C1=C(C)C(=CCCN2CCC(O)(c3ccc(Cl)cc3)CC2)c2ccccc2CO1. The maximum Gasteiger partial charge on any atom is 0.123 e. The molecule has 0 saturated carbocycles. The number of allylic oxidation sites excluding steroid dienone is 5. The Kier molecular flexibility index (Phi) is 7.54. The summed E-state index contributed by atoms with van der Waals surface area (Å²) in [6.07, 6.45) is 10.4. The number of aliphatic hydroxyl groups is 1. The maximum absolute atomic E-state index is 11.1. The van der Waals surface area contributed by atoms with Crippen LogP contribution in [-0.2, 0) is 16.9 Å². The Morgan fingerprint density at radius 2 is 1.85 bits per heavy atom. The van der Waals surface area contributed by atoms with Crippen molar-refractivity contribution in [3.63, 3.8) is 0 Å². The summed E-state index contributed by atoms with van der Waals surface area (Å²) in [6.45, 7) is 9.20. The van der Waals surface area contributed by atoms with Crippen LogP contribution in [-0.4, -0.2) is 29.6 Å². The number of halogens is 1. The summed E-state index contributed by atoms with van der Waals surface area (Å²) in [6, 6.07) is 16.1. The van der Waals surface area contributed by atoms with Gasteiger partial charge >= 0.3 is 0 Å². The van der Waals surface area contributed by atoms with E-state index >= 15 is 0 Å². The Bertz CT molecular complexity index is 1070. The van der Waals surface area contributed by atoms with Crippen molar-refractivity contribution in [2.45, 2.75) is 38.4 Å². The number of fused-ring (bicyclic) bond motifs is 1. The van der Waals surface area contributed by atoms with Gasteiger partial charge in [-0.1, -0.05) is 72.8 Å². The zero-order valence-corrected chi connectivity index (χ0v) is 20.0. The molecule has 2 aromatic carbocycles. The summed E-state index contributed by atoms with van der Waals surface area (Å²) in [4.78, 5) is 2.44. The van der Waals surface area contributed by atoms with Crippen LogP contribution in [0, 0.1) is 0 Å². The second-order valence-electron chi connectivity index (χ2n) is 8.82. The van der Waals surface area contributed by atoms with Gasteiger partial charge in [0.1, 0.15) is 12.4 Å². The fourth-order valence-corrected chi connectivity index (χ4v) is 4.81. The minimum Gasteiger partial charge on any atom is -0.489 e. The largest absolute Gasteiger partial charge is 0.489 e. The second kappa shape index (κ2) is 10.6. The van der Waals surface area contributed by atoms with Gasteiger partial charge in [-0.25, -0.2) is 0 Å². The van der Waals surface area contributed by atoms with Gasteiger partial charge < -0.3 is 14.7 Å². The molecular weight excluding hydrogens is 430 g/mol. The van der Waals surface area contributed by atoms with Crippen LogP contribution in [0.15, 0.2) is 90.7 Å². The summed E-state index contributed by atoms with van der Waals surface area (Å²) in [5.74, 6) is 0.892. The van der Waals surface area contributed by atoms with Crippen LogP contribution < -0.4 is 0 Å². The Morgan fingerprint density at radius 3 is 2.58 bits per heavy atom. The van der Waals surface area contributed by atoms with Gasteiger partial charge in [-0.05, 0) is 72.2 Å². The number of nitrogens with zero attached hydrogens (tertiary/aromatic N) is 1. The van der Waals surface area contributed by atoms with Crippen molar-refractivity contribution in [2.24, 2.45) is 0 Å². The smallest absolute Gasteiger partial charge is 0.123 e. The van der Waals surface area contributed by atoms with Crippen LogP contribution in [0.5, 0.6) is 0 Å². The molecule has 0 spiro atoms. The van der Waals surface area contributed by atoms with Crippen molar-refractivity contribution < 1.29 is 9.84 Å². The predicted octanol–water partition coefficient (Wildman–Crippen LogP) is 6.64. The van der Waals surface area contributed by atoms with E-state index in [0.717, 1.165) is 55.8 Å². The van der Waals surface area contributed by atoms with Gasteiger partial charge in [0.25, 0.3) is 0 Å². The van der Waals surface area contributed by atoms with Crippen LogP contribution in [0.2, 0.25) is 5.02 Å². The van der Waals surface area contributed by atoms with E-state index < -0.39 is 5.60 Å². The van der Waals surface area contributed by atoms with Gasteiger partial charge in [-0.2, -0.15) is 0 Å². The van der Waals surface area contributed by atoms with Crippen LogP contribution in [0.25, 0.3) is 5.57 Å². The third-order valence-corrected chi connectivity index (χ3v) is 6.96. The lowest BCUT2D eigenvalue weighted by Crippen LogP contribution is -2.42. The van der Waals surface area contributed by atoms with E-state index in [0.29, 0.717) is 11.6 Å². The molecule has 4 heteroatoms. The maximum atomic E-state index is 11.1. The molecule has 3 nitrogen and oxygen atoms in total. The average molecular weight is 462 g/mol. The first-order valence-corrected chi connectivity index (χ1v) is 12.0. The number of likely N-dealkylation sites (tertiary alicyclic amines) is 1. The van der Waals surface area contributed by atoms with Crippen molar-refractivity contribution >= 4 is 17.2 Å². The zero-order valence-electron chi connectivity index (χ0n) is 19.3. The summed E-state index contributed by atoms with van der Waals surface area (Å²) in [5, 5.41) is 11.8. The molecule has 1 fully saturated rings. The zero-order chi connectivity index (χ0) is 23.3. The monoisotopic (exact) mass is 461 g/mol. The van der Waals surface area contributed by atoms with Gasteiger partial charge in [-0.15, -0.1) is 0 Å². The molecule has 2 aliphatic rings. The first-order valence-electron chi connectivity index (χ1n) is 11.6. The van der Waals surface area contributed by atoms with Crippen molar-refractivity contribution in [3.8, 4) is 0 Å². The van der Waals surface area contributed by atoms with E-state index in [4.69, 9.17) is 16.3 Å². The fraction of sp³-hybridized carbons (Fsp3) is 0.310. The van der Waals surface area contributed by atoms with E-state index in [-0.39, 0.29) is 0 Å². The van der Waals surface area contributed by atoms with Gasteiger partial charge in [-0.3, -0.25) is 0 Å². The molecule has 0 amide bonds. The number of hydrogen-bond acceptors (Lipinski definition) is 3. The van der Waals surface area contributed by atoms with Crippen LogP contribution >= 0.6 is 11.6 Å². The molecule has 33 heavy (non-hydrogen) atoms. The van der Waals surface area contributed by atoms with E-state index in [9.17, 15) is 5.11 Å². The average Bonchev–Trinajstić information content (AvgIpc) is 2.96. The normalized spacial score (nSPS) is 19.9. The standard InChI is InChI=1S/C29H32ClNO2/c1-3-4-11-28-22(2)26(27-9-6-5-8-23(27)21-33-28)10-7-18-31-19-16-29(32,17-20-31)24-12-14-25(30)15-13-24/h3-6,8-15,32H,1,7,16-21H2,2H3/b11-4-,26-10?. The molecule has 4 rings (SSSR count). The first-order chi connectivity index (χ1) is 16.0. The van der Waals surface area contributed by atoms with Gasteiger partial charge in [0.05, 0.1) is 5.60 Å². The number of piperidine rings is 1. The molecule has 2 heterocycles. The summed E-state index contributed by atoms with van der Waals surface area (Å²) in [7, 11) is 0.